The number of esters is 2. The third-order valence-electron chi connectivity index (χ3n) is 13.6. The van der Waals surface area contributed by atoms with Crippen molar-refractivity contribution in [3.05, 3.63) is 36.5 Å². The Morgan fingerprint density at radius 1 is 0.431 bits per heavy atom. The number of carbonyl (C=O) groups is 2. The second-order valence-electron chi connectivity index (χ2n) is 22.1. The van der Waals surface area contributed by atoms with E-state index in [1.807, 2.05) is 21.1 Å². The standard InChI is InChI=1S/C62H118NO8P/c1-6-8-10-12-14-16-18-20-22-24-25-26-27-28-29-30-31-32-33-34-35-36-37-39-41-43-45-47-49-51-53-55-62(65)71-60(59-70-72(66,67)69-57-56-63(3,4)5)58-68-61(64)54-52-50-48-46-44-42-40-38-23-21-19-17-15-13-11-9-7-2/h18,20-21,23-25,60H,6-17,19,22,26-59H2,1-5H3/p+1/b20-18-,23-21-,25-24-. The maximum atomic E-state index is 12.8. The number of quaternary nitrogens is 1. The summed E-state index contributed by atoms with van der Waals surface area (Å²) in [6.07, 6.45) is 66.5. The number of phosphoric ester groups is 1. The predicted molar refractivity (Wildman–Crippen MR) is 307 cm³/mol. The van der Waals surface area contributed by atoms with Crippen LogP contribution in [0.3, 0.4) is 0 Å². The van der Waals surface area contributed by atoms with Crippen molar-refractivity contribution in [3.63, 3.8) is 0 Å². The van der Waals surface area contributed by atoms with Crippen LogP contribution in [-0.2, 0) is 32.7 Å². The Morgan fingerprint density at radius 3 is 1.11 bits per heavy atom. The summed E-state index contributed by atoms with van der Waals surface area (Å²) in [7, 11) is 1.49. The molecule has 424 valence electrons. The van der Waals surface area contributed by atoms with Gasteiger partial charge in [0, 0.05) is 12.8 Å². The van der Waals surface area contributed by atoms with Crippen molar-refractivity contribution < 1.29 is 42.1 Å². The fraction of sp³-hybridized carbons (Fsp3) is 0.871. The highest BCUT2D eigenvalue weighted by atomic mass is 31.2. The van der Waals surface area contributed by atoms with E-state index in [9.17, 15) is 19.0 Å². The quantitative estimate of drug-likeness (QED) is 0.0211. The van der Waals surface area contributed by atoms with Crippen LogP contribution in [0.15, 0.2) is 36.5 Å². The summed E-state index contributed by atoms with van der Waals surface area (Å²) in [5, 5.41) is 0. The van der Waals surface area contributed by atoms with Gasteiger partial charge in [-0.2, -0.15) is 0 Å². The number of nitrogens with zero attached hydrogens (tertiary/aromatic N) is 1. The summed E-state index contributed by atoms with van der Waals surface area (Å²) < 4.78 is 34.6. The van der Waals surface area contributed by atoms with E-state index in [1.54, 1.807) is 0 Å². The van der Waals surface area contributed by atoms with E-state index in [0.717, 1.165) is 38.5 Å². The molecule has 0 bridgehead atoms. The number of ether oxygens (including phenoxy) is 2. The van der Waals surface area contributed by atoms with Gasteiger partial charge in [-0.3, -0.25) is 18.6 Å². The lowest BCUT2D eigenvalue weighted by atomic mass is 10.0. The SMILES string of the molecule is CCCCCCC/C=C\C/C=C\CCCCCCCCCCCCCCCCCCCCCC(=O)OC(COC(=O)CCCCCCCCC/C=C\CCCCCCCC)COP(=O)(O)OCC[N+](C)(C)C. The van der Waals surface area contributed by atoms with Crippen LogP contribution >= 0.6 is 7.82 Å². The van der Waals surface area contributed by atoms with E-state index < -0.39 is 26.5 Å². The number of hydrogen-bond acceptors (Lipinski definition) is 7. The van der Waals surface area contributed by atoms with Gasteiger partial charge in [0.25, 0.3) is 0 Å². The second-order valence-corrected chi connectivity index (χ2v) is 23.5. The maximum absolute atomic E-state index is 12.8. The predicted octanol–water partition coefficient (Wildman–Crippen LogP) is 19.2. The third kappa shape index (κ3) is 57.5. The highest BCUT2D eigenvalue weighted by molar-refractivity contribution is 7.47. The van der Waals surface area contributed by atoms with Crippen molar-refractivity contribution in [1.29, 1.82) is 0 Å². The van der Waals surface area contributed by atoms with Crippen LogP contribution in [0.25, 0.3) is 0 Å². The molecule has 0 saturated heterocycles. The molecule has 2 unspecified atom stereocenters. The van der Waals surface area contributed by atoms with Crippen molar-refractivity contribution in [2.75, 3.05) is 47.5 Å². The summed E-state index contributed by atoms with van der Waals surface area (Å²) in [6, 6.07) is 0. The first-order valence-corrected chi connectivity index (χ1v) is 32.2. The van der Waals surface area contributed by atoms with Gasteiger partial charge in [-0.25, -0.2) is 4.57 Å². The lowest BCUT2D eigenvalue weighted by Gasteiger charge is -2.24. The molecule has 0 saturated carbocycles. The summed E-state index contributed by atoms with van der Waals surface area (Å²) >= 11 is 0. The molecule has 10 heteroatoms. The average Bonchev–Trinajstić information content (AvgIpc) is 3.34. The van der Waals surface area contributed by atoms with Crippen LogP contribution in [0.5, 0.6) is 0 Å². The summed E-state index contributed by atoms with van der Waals surface area (Å²) in [5.41, 5.74) is 0. The van der Waals surface area contributed by atoms with Gasteiger partial charge in [0.05, 0.1) is 27.7 Å². The van der Waals surface area contributed by atoms with Gasteiger partial charge in [-0.1, -0.05) is 249 Å². The molecule has 0 radical (unpaired) electrons. The molecule has 0 aliphatic rings. The minimum absolute atomic E-state index is 0.0329. The Balaban J connectivity index is 4.04. The molecule has 0 fully saturated rings. The number of likely N-dealkylation sites (N-methyl/N-ethyl adjacent to an activating group) is 1. The Bertz CT molecular complexity index is 1310. The first-order chi connectivity index (χ1) is 35.0. The highest BCUT2D eigenvalue weighted by Gasteiger charge is 2.27. The molecule has 0 rings (SSSR count). The molecular formula is C62H119NO8P+. The Kier molecular flexibility index (Phi) is 52.7. The third-order valence-corrected chi connectivity index (χ3v) is 14.6. The second kappa shape index (κ2) is 54.0. The topological polar surface area (TPSA) is 108 Å². The number of allylic oxidation sites excluding steroid dienone is 6. The Morgan fingerprint density at radius 2 is 0.750 bits per heavy atom. The molecule has 0 heterocycles. The van der Waals surface area contributed by atoms with Crippen molar-refractivity contribution >= 4 is 19.8 Å². The first-order valence-electron chi connectivity index (χ1n) is 30.7. The monoisotopic (exact) mass is 1040 g/mol. The van der Waals surface area contributed by atoms with E-state index in [4.69, 9.17) is 18.5 Å². The van der Waals surface area contributed by atoms with Crippen LogP contribution < -0.4 is 0 Å². The maximum Gasteiger partial charge on any atom is 0.472 e. The van der Waals surface area contributed by atoms with Gasteiger partial charge >= 0.3 is 19.8 Å². The first kappa shape index (κ1) is 70.2. The molecule has 0 spiro atoms. The van der Waals surface area contributed by atoms with Gasteiger partial charge in [0.2, 0.25) is 0 Å². The largest absolute Gasteiger partial charge is 0.472 e. The minimum atomic E-state index is -4.38. The molecule has 0 aliphatic heterocycles. The lowest BCUT2D eigenvalue weighted by Crippen LogP contribution is -2.37. The zero-order valence-corrected chi connectivity index (χ0v) is 49.1. The molecule has 0 aromatic heterocycles. The fourth-order valence-electron chi connectivity index (χ4n) is 8.87. The summed E-state index contributed by atoms with van der Waals surface area (Å²) in [4.78, 5) is 35.7. The van der Waals surface area contributed by atoms with E-state index in [1.165, 1.54) is 225 Å². The van der Waals surface area contributed by atoms with E-state index >= 15 is 0 Å². The van der Waals surface area contributed by atoms with Gasteiger partial charge in [-0.15, -0.1) is 0 Å². The number of carbonyl (C=O) groups excluding carboxylic acids is 2. The lowest BCUT2D eigenvalue weighted by molar-refractivity contribution is -0.870. The molecule has 0 aromatic rings. The number of unbranched alkanes of at least 4 members (excludes halogenated alkanes) is 37. The highest BCUT2D eigenvalue weighted by Crippen LogP contribution is 2.43. The van der Waals surface area contributed by atoms with Gasteiger partial charge in [0.1, 0.15) is 19.8 Å². The molecule has 9 nitrogen and oxygen atoms in total. The van der Waals surface area contributed by atoms with Gasteiger partial charge < -0.3 is 18.9 Å². The molecule has 1 N–H and O–H groups in total. The van der Waals surface area contributed by atoms with Crippen molar-refractivity contribution in [3.8, 4) is 0 Å². The number of hydrogen-bond donors (Lipinski definition) is 1. The van der Waals surface area contributed by atoms with Gasteiger partial charge in [-0.05, 0) is 70.6 Å². The van der Waals surface area contributed by atoms with E-state index in [-0.39, 0.29) is 32.0 Å². The van der Waals surface area contributed by atoms with Crippen molar-refractivity contribution in [2.24, 2.45) is 0 Å². The average molecular weight is 1040 g/mol. The Hall–Kier alpha value is -1.77. The Labute approximate surface area is 446 Å². The van der Waals surface area contributed by atoms with Crippen LogP contribution in [-0.4, -0.2) is 74.9 Å². The molecule has 0 amide bonds. The molecule has 0 aromatic carbocycles. The number of rotatable bonds is 57. The zero-order valence-electron chi connectivity index (χ0n) is 48.2. The zero-order chi connectivity index (χ0) is 52.7. The van der Waals surface area contributed by atoms with E-state index in [0.29, 0.717) is 17.4 Å². The molecular weight excluding hydrogens is 918 g/mol. The smallest absolute Gasteiger partial charge is 0.462 e. The molecule has 0 aliphatic carbocycles. The van der Waals surface area contributed by atoms with Crippen molar-refractivity contribution in [2.45, 2.75) is 302 Å². The van der Waals surface area contributed by atoms with Gasteiger partial charge in [0.15, 0.2) is 6.10 Å². The van der Waals surface area contributed by atoms with Crippen LogP contribution in [0.2, 0.25) is 0 Å². The van der Waals surface area contributed by atoms with Crippen LogP contribution in [0, 0.1) is 0 Å². The van der Waals surface area contributed by atoms with Crippen molar-refractivity contribution in [1.82, 2.24) is 0 Å². The summed E-state index contributed by atoms with van der Waals surface area (Å²) in [6.45, 7) is 4.46. The van der Waals surface area contributed by atoms with Crippen LogP contribution in [0.4, 0.5) is 0 Å². The molecule has 72 heavy (non-hydrogen) atoms. The summed E-state index contributed by atoms with van der Waals surface area (Å²) in [5.74, 6) is -0.789. The van der Waals surface area contributed by atoms with E-state index in [2.05, 4.69) is 50.3 Å². The molecule has 2 atom stereocenters. The fourth-order valence-corrected chi connectivity index (χ4v) is 9.61. The number of phosphoric acid groups is 1. The minimum Gasteiger partial charge on any atom is -0.462 e. The normalized spacial score (nSPS) is 13.5. The van der Waals surface area contributed by atoms with Crippen LogP contribution in [0.1, 0.15) is 296 Å².